The molecule has 4 heteroatoms. The van der Waals surface area contributed by atoms with Crippen LogP contribution in [0.15, 0.2) is 254 Å². The molecular weight excluding hydrogens is 903 g/mol. The van der Waals surface area contributed by atoms with Crippen molar-refractivity contribution in [2.45, 2.75) is 32.1 Å². The van der Waals surface area contributed by atoms with E-state index in [1.807, 2.05) is 11.3 Å². The average Bonchev–Trinajstić information content (AvgIpc) is 4.07. The second kappa shape index (κ2) is 17.3. The Morgan fingerprint density at radius 3 is 1.90 bits per heavy atom. The van der Waals surface area contributed by atoms with Crippen LogP contribution in [0.3, 0.4) is 0 Å². The standard InChI is InChI=1S/C69H51N3S/c1-69(2)62-27-15-12-24-55(62)56-38-35-53(44-63(56)69)70(49-20-8-4-9-21-49)52-37-41-65(71(50-22-10-5-11-23-50)54-36-39-59-58-26-14-17-29-67(58)73-68(59)45-54)60(43-52)48-32-40-66-61(42-48)57-25-13-16-28-64(57)72(66)51-33-30-47(31-34-51)46-18-6-3-7-19-46/h3-10,12-22,24-45H,11,23H2,1-2H3. The van der Waals surface area contributed by atoms with Crippen molar-refractivity contribution in [3.05, 3.63) is 266 Å². The van der Waals surface area contributed by atoms with Crippen molar-refractivity contribution in [3.63, 3.8) is 0 Å². The molecule has 14 rings (SSSR count). The van der Waals surface area contributed by atoms with Crippen LogP contribution in [0.1, 0.15) is 37.8 Å². The summed E-state index contributed by atoms with van der Waals surface area (Å²) in [6.45, 7) is 4.74. The molecule has 2 aliphatic carbocycles. The van der Waals surface area contributed by atoms with E-state index in [0.717, 1.165) is 58.1 Å². The molecule has 0 atom stereocenters. The number of allylic oxidation sites excluding steroid dienone is 4. The fourth-order valence-electron chi connectivity index (χ4n) is 11.9. The lowest BCUT2D eigenvalue weighted by Gasteiger charge is -2.33. The van der Waals surface area contributed by atoms with E-state index in [1.165, 1.54) is 81.1 Å². The summed E-state index contributed by atoms with van der Waals surface area (Å²) in [7, 11) is 0. The highest BCUT2D eigenvalue weighted by Crippen LogP contribution is 2.52. The maximum atomic E-state index is 2.54. The van der Waals surface area contributed by atoms with Gasteiger partial charge in [0.1, 0.15) is 0 Å². The minimum atomic E-state index is -0.143. The summed E-state index contributed by atoms with van der Waals surface area (Å²) in [6.07, 6.45) is 8.75. The first-order chi connectivity index (χ1) is 36.0. The Balaban J connectivity index is 0.990. The predicted octanol–water partition coefficient (Wildman–Crippen LogP) is 19.6. The van der Waals surface area contributed by atoms with Gasteiger partial charge >= 0.3 is 0 Å². The first-order valence-electron chi connectivity index (χ1n) is 25.5. The van der Waals surface area contributed by atoms with Crippen LogP contribution in [-0.4, -0.2) is 4.57 Å². The third kappa shape index (κ3) is 7.16. The lowest BCUT2D eigenvalue weighted by molar-refractivity contribution is 0.660. The number of hydrogen-bond acceptors (Lipinski definition) is 3. The van der Waals surface area contributed by atoms with Gasteiger partial charge in [-0.2, -0.15) is 0 Å². The quantitative estimate of drug-likeness (QED) is 0.143. The van der Waals surface area contributed by atoms with Crippen molar-refractivity contribution in [2.75, 3.05) is 9.80 Å². The number of nitrogens with zero attached hydrogens (tertiary/aromatic N) is 3. The van der Waals surface area contributed by atoms with E-state index in [2.05, 4.69) is 277 Å². The summed E-state index contributed by atoms with van der Waals surface area (Å²) in [5.74, 6) is 0. The van der Waals surface area contributed by atoms with Gasteiger partial charge in [0.2, 0.25) is 0 Å². The molecule has 2 aromatic heterocycles. The van der Waals surface area contributed by atoms with Crippen molar-refractivity contribution in [3.8, 4) is 39.1 Å². The lowest BCUT2D eigenvalue weighted by Crippen LogP contribution is -2.19. The second-order valence-electron chi connectivity index (χ2n) is 20.0. The molecule has 0 fully saturated rings. The summed E-state index contributed by atoms with van der Waals surface area (Å²) >= 11 is 1.87. The van der Waals surface area contributed by atoms with E-state index in [4.69, 9.17) is 0 Å². The molecule has 0 radical (unpaired) electrons. The molecule has 10 aromatic carbocycles. The molecule has 3 nitrogen and oxygen atoms in total. The van der Waals surface area contributed by atoms with Crippen LogP contribution in [-0.2, 0) is 5.41 Å². The van der Waals surface area contributed by atoms with Gasteiger partial charge in [-0.05, 0) is 149 Å². The molecule has 0 unspecified atom stereocenters. The Labute approximate surface area is 430 Å². The molecule has 0 amide bonds. The smallest absolute Gasteiger partial charge is 0.0541 e. The summed E-state index contributed by atoms with van der Waals surface area (Å²) in [5, 5.41) is 5.05. The topological polar surface area (TPSA) is 11.4 Å². The molecular formula is C69H51N3S. The van der Waals surface area contributed by atoms with Gasteiger partial charge in [-0.25, -0.2) is 0 Å². The van der Waals surface area contributed by atoms with E-state index in [0.29, 0.717) is 0 Å². The molecule has 2 heterocycles. The van der Waals surface area contributed by atoms with Gasteiger partial charge in [0, 0.05) is 76.1 Å². The van der Waals surface area contributed by atoms with E-state index in [-0.39, 0.29) is 5.41 Å². The monoisotopic (exact) mass is 953 g/mol. The van der Waals surface area contributed by atoms with Crippen LogP contribution >= 0.6 is 11.3 Å². The minimum absolute atomic E-state index is 0.143. The summed E-state index contributed by atoms with van der Waals surface area (Å²) in [5.41, 5.74) is 20.4. The van der Waals surface area contributed by atoms with Gasteiger partial charge in [-0.15, -0.1) is 11.3 Å². The van der Waals surface area contributed by atoms with Crippen LogP contribution in [0.25, 0.3) is 81.0 Å². The zero-order valence-electron chi connectivity index (χ0n) is 40.8. The van der Waals surface area contributed by atoms with Crippen LogP contribution in [0.2, 0.25) is 0 Å². The van der Waals surface area contributed by atoms with Crippen LogP contribution < -0.4 is 9.80 Å². The van der Waals surface area contributed by atoms with Crippen molar-refractivity contribution >= 4 is 81.8 Å². The van der Waals surface area contributed by atoms with Crippen molar-refractivity contribution in [1.29, 1.82) is 0 Å². The van der Waals surface area contributed by atoms with Crippen LogP contribution in [0.4, 0.5) is 28.4 Å². The summed E-state index contributed by atoms with van der Waals surface area (Å²) < 4.78 is 5.03. The number of aromatic nitrogens is 1. The molecule has 0 aliphatic heterocycles. The van der Waals surface area contributed by atoms with E-state index in [1.54, 1.807) is 0 Å². The number of para-hydroxylation sites is 2. The minimum Gasteiger partial charge on any atom is -0.314 e. The van der Waals surface area contributed by atoms with Gasteiger partial charge in [-0.3, -0.25) is 0 Å². The third-order valence-electron chi connectivity index (χ3n) is 15.4. The molecule has 0 bridgehead atoms. The number of thiophene rings is 1. The highest BCUT2D eigenvalue weighted by atomic mass is 32.1. The Kier molecular flexibility index (Phi) is 10.2. The van der Waals surface area contributed by atoms with Gasteiger partial charge in [-0.1, -0.05) is 166 Å². The van der Waals surface area contributed by atoms with Crippen molar-refractivity contribution in [1.82, 2.24) is 4.57 Å². The van der Waals surface area contributed by atoms with E-state index >= 15 is 0 Å². The SMILES string of the molecule is CC1(C)c2ccccc2-c2ccc(N(c3ccccc3)c3ccc(N(C4=CC=CCC4)c4ccc5c(c4)sc4ccccc45)c(-c4ccc5c(c4)c4ccccc4n5-c4ccc(-c5ccccc5)cc4)c3)cc21. The Bertz CT molecular complexity index is 4170. The summed E-state index contributed by atoms with van der Waals surface area (Å²) in [4.78, 5) is 4.99. The zero-order valence-corrected chi connectivity index (χ0v) is 41.7. The number of rotatable bonds is 9. The number of benzene rings is 10. The Morgan fingerprint density at radius 1 is 0.425 bits per heavy atom. The molecule has 348 valence electrons. The number of fused-ring (bicyclic) bond motifs is 9. The van der Waals surface area contributed by atoms with Crippen molar-refractivity contribution < 1.29 is 0 Å². The fourth-order valence-corrected chi connectivity index (χ4v) is 13.0. The summed E-state index contributed by atoms with van der Waals surface area (Å²) in [6, 6.07) is 85.6. The average molecular weight is 954 g/mol. The molecule has 0 saturated carbocycles. The number of hydrogen-bond donors (Lipinski definition) is 0. The lowest BCUT2D eigenvalue weighted by atomic mass is 9.82. The molecule has 2 aliphatic rings. The van der Waals surface area contributed by atoms with E-state index < -0.39 is 0 Å². The van der Waals surface area contributed by atoms with Crippen molar-refractivity contribution in [2.24, 2.45) is 0 Å². The largest absolute Gasteiger partial charge is 0.314 e. The van der Waals surface area contributed by atoms with Gasteiger partial charge in [0.05, 0.1) is 16.7 Å². The first kappa shape index (κ1) is 43.1. The fraction of sp³-hybridized carbons (Fsp3) is 0.0725. The predicted molar refractivity (Wildman–Crippen MR) is 312 cm³/mol. The highest BCUT2D eigenvalue weighted by molar-refractivity contribution is 7.25. The first-order valence-corrected chi connectivity index (χ1v) is 26.3. The molecule has 0 spiro atoms. The van der Waals surface area contributed by atoms with E-state index in [9.17, 15) is 0 Å². The van der Waals surface area contributed by atoms with Crippen LogP contribution in [0.5, 0.6) is 0 Å². The highest BCUT2D eigenvalue weighted by Gasteiger charge is 2.36. The Morgan fingerprint density at radius 2 is 1.07 bits per heavy atom. The maximum absolute atomic E-state index is 2.54. The molecule has 12 aromatic rings. The third-order valence-corrected chi connectivity index (χ3v) is 16.6. The van der Waals surface area contributed by atoms with Crippen LogP contribution in [0, 0.1) is 0 Å². The van der Waals surface area contributed by atoms with Gasteiger partial charge in [0.15, 0.2) is 0 Å². The second-order valence-corrected chi connectivity index (χ2v) is 21.1. The normalized spacial score (nSPS) is 13.6. The number of anilines is 5. The Hall–Kier alpha value is -8.70. The maximum Gasteiger partial charge on any atom is 0.0541 e. The molecule has 73 heavy (non-hydrogen) atoms. The molecule has 0 saturated heterocycles. The van der Waals surface area contributed by atoms with Gasteiger partial charge in [0.25, 0.3) is 0 Å². The van der Waals surface area contributed by atoms with Gasteiger partial charge < -0.3 is 14.4 Å². The zero-order chi connectivity index (χ0) is 48.6. The molecule has 0 N–H and O–H groups in total.